The molecule has 1 fully saturated rings. The van der Waals surface area contributed by atoms with Gasteiger partial charge in [-0.15, -0.1) is 24.0 Å². The zero-order chi connectivity index (χ0) is 18.8. The van der Waals surface area contributed by atoms with Crippen molar-refractivity contribution in [3.05, 3.63) is 23.9 Å². The average molecular weight is 490 g/mol. The van der Waals surface area contributed by atoms with Gasteiger partial charge < -0.3 is 19.7 Å². The van der Waals surface area contributed by atoms with Crippen LogP contribution in [-0.2, 0) is 16.1 Å². The smallest absolute Gasteiger partial charge is 0.309 e. The molecule has 0 radical (unpaired) electrons. The first-order chi connectivity index (χ1) is 12.7. The second-order valence-corrected chi connectivity index (χ2v) is 6.23. The van der Waals surface area contributed by atoms with Crippen LogP contribution in [0.5, 0.6) is 5.88 Å². The standard InChI is InChI=1S/C19H30N4O3.HI/c1-4-13-26-17-16(7-6-10-21-17)14-22-19(20-3)23-11-8-15(9-12-23)18(24)25-5-2;/h6-7,10,15H,4-5,8-9,11-14H2,1-3H3,(H,20,22);1H. The molecule has 1 aromatic heterocycles. The second kappa shape index (κ2) is 12.7. The van der Waals surface area contributed by atoms with Gasteiger partial charge in [-0.25, -0.2) is 4.98 Å². The van der Waals surface area contributed by atoms with E-state index in [1.165, 1.54) is 0 Å². The van der Waals surface area contributed by atoms with Crippen molar-refractivity contribution in [1.82, 2.24) is 15.2 Å². The zero-order valence-electron chi connectivity index (χ0n) is 16.4. The monoisotopic (exact) mass is 490 g/mol. The molecule has 0 aromatic carbocycles. The number of guanidine groups is 1. The predicted octanol–water partition coefficient (Wildman–Crippen LogP) is 2.84. The zero-order valence-corrected chi connectivity index (χ0v) is 18.8. The number of carbonyl (C=O) groups excluding carboxylic acids is 1. The number of hydrogen-bond acceptors (Lipinski definition) is 5. The Kier molecular flexibility index (Phi) is 11.1. The molecular weight excluding hydrogens is 459 g/mol. The van der Waals surface area contributed by atoms with Crippen LogP contribution in [-0.4, -0.2) is 55.2 Å². The third kappa shape index (κ3) is 7.15. The number of aliphatic imine (C=N–C) groups is 1. The van der Waals surface area contributed by atoms with Crippen molar-refractivity contribution in [1.29, 1.82) is 0 Å². The summed E-state index contributed by atoms with van der Waals surface area (Å²) in [6.07, 6.45) is 4.26. The second-order valence-electron chi connectivity index (χ2n) is 6.23. The van der Waals surface area contributed by atoms with Crippen LogP contribution < -0.4 is 10.1 Å². The molecule has 1 saturated heterocycles. The van der Waals surface area contributed by atoms with Gasteiger partial charge in [0.1, 0.15) is 0 Å². The van der Waals surface area contributed by atoms with Gasteiger partial charge in [-0.2, -0.15) is 0 Å². The van der Waals surface area contributed by atoms with Crippen molar-refractivity contribution in [2.24, 2.45) is 10.9 Å². The number of pyridine rings is 1. The number of ether oxygens (including phenoxy) is 2. The molecule has 2 rings (SSSR count). The highest BCUT2D eigenvalue weighted by Crippen LogP contribution is 2.19. The number of halogens is 1. The van der Waals surface area contributed by atoms with E-state index < -0.39 is 0 Å². The van der Waals surface area contributed by atoms with Gasteiger partial charge in [0, 0.05) is 38.4 Å². The summed E-state index contributed by atoms with van der Waals surface area (Å²) in [4.78, 5) is 22.7. The molecular formula is C19H31IN4O3. The molecule has 7 nitrogen and oxygen atoms in total. The van der Waals surface area contributed by atoms with E-state index in [0.717, 1.165) is 43.9 Å². The molecule has 1 N–H and O–H groups in total. The van der Waals surface area contributed by atoms with Crippen LogP contribution >= 0.6 is 24.0 Å². The fourth-order valence-corrected chi connectivity index (χ4v) is 2.98. The molecule has 1 aliphatic rings. The maximum Gasteiger partial charge on any atom is 0.309 e. The Morgan fingerprint density at radius 1 is 1.37 bits per heavy atom. The molecule has 0 unspecified atom stereocenters. The lowest BCUT2D eigenvalue weighted by Crippen LogP contribution is -2.46. The van der Waals surface area contributed by atoms with Crippen LogP contribution in [0.2, 0.25) is 0 Å². The van der Waals surface area contributed by atoms with Gasteiger partial charge in [-0.1, -0.05) is 13.0 Å². The van der Waals surface area contributed by atoms with Crippen LogP contribution in [0.25, 0.3) is 0 Å². The summed E-state index contributed by atoms with van der Waals surface area (Å²) in [6, 6.07) is 3.91. The molecule has 8 heteroatoms. The van der Waals surface area contributed by atoms with E-state index in [-0.39, 0.29) is 35.9 Å². The minimum atomic E-state index is -0.0804. The normalized spacial score (nSPS) is 15.1. The van der Waals surface area contributed by atoms with Gasteiger partial charge in [-0.3, -0.25) is 9.79 Å². The van der Waals surface area contributed by atoms with Crippen molar-refractivity contribution in [2.75, 3.05) is 33.4 Å². The minimum Gasteiger partial charge on any atom is -0.477 e. The van der Waals surface area contributed by atoms with Crippen LogP contribution in [0.1, 0.15) is 38.7 Å². The number of carbonyl (C=O) groups is 1. The highest BCUT2D eigenvalue weighted by atomic mass is 127. The van der Waals surface area contributed by atoms with E-state index in [1.54, 1.807) is 13.2 Å². The Morgan fingerprint density at radius 2 is 2.11 bits per heavy atom. The molecule has 152 valence electrons. The first-order valence-corrected chi connectivity index (χ1v) is 9.38. The molecule has 27 heavy (non-hydrogen) atoms. The SMILES string of the molecule is CCCOc1ncccc1CNC(=NC)N1CCC(C(=O)OCC)CC1.I. The van der Waals surface area contributed by atoms with Crippen LogP contribution in [0.15, 0.2) is 23.3 Å². The summed E-state index contributed by atoms with van der Waals surface area (Å²) in [5.41, 5.74) is 1.00. The minimum absolute atomic E-state index is 0. The van der Waals surface area contributed by atoms with Gasteiger partial charge in [0.2, 0.25) is 5.88 Å². The van der Waals surface area contributed by atoms with Gasteiger partial charge in [0.25, 0.3) is 0 Å². The molecule has 0 saturated carbocycles. The van der Waals surface area contributed by atoms with E-state index in [9.17, 15) is 4.79 Å². The molecule has 0 amide bonds. The summed E-state index contributed by atoms with van der Waals surface area (Å²) in [6.45, 7) is 7.18. The summed E-state index contributed by atoms with van der Waals surface area (Å²) in [5, 5.41) is 3.38. The van der Waals surface area contributed by atoms with Crippen LogP contribution in [0.3, 0.4) is 0 Å². The van der Waals surface area contributed by atoms with Gasteiger partial charge in [-0.05, 0) is 32.3 Å². The Hall–Kier alpha value is -1.58. The van der Waals surface area contributed by atoms with Crippen molar-refractivity contribution >= 4 is 35.9 Å². The van der Waals surface area contributed by atoms with Crippen LogP contribution in [0, 0.1) is 5.92 Å². The lowest BCUT2D eigenvalue weighted by atomic mass is 9.97. The Balaban J connectivity index is 0.00000364. The first-order valence-electron chi connectivity index (χ1n) is 9.38. The summed E-state index contributed by atoms with van der Waals surface area (Å²) in [7, 11) is 1.78. The van der Waals surface area contributed by atoms with Gasteiger partial charge in [0.15, 0.2) is 5.96 Å². The number of piperidine rings is 1. The highest BCUT2D eigenvalue weighted by Gasteiger charge is 2.27. The quantitative estimate of drug-likeness (QED) is 0.274. The molecule has 1 aliphatic heterocycles. The van der Waals surface area contributed by atoms with E-state index in [2.05, 4.69) is 27.1 Å². The predicted molar refractivity (Wildman–Crippen MR) is 117 cm³/mol. The number of esters is 1. The van der Waals surface area contributed by atoms with Crippen molar-refractivity contribution in [2.45, 2.75) is 39.7 Å². The van der Waals surface area contributed by atoms with Crippen LogP contribution in [0.4, 0.5) is 0 Å². The molecule has 0 aliphatic carbocycles. The van der Waals surface area contributed by atoms with Crippen molar-refractivity contribution in [3.8, 4) is 5.88 Å². The molecule has 0 spiro atoms. The summed E-state index contributed by atoms with van der Waals surface area (Å²) >= 11 is 0. The third-order valence-electron chi connectivity index (χ3n) is 4.36. The Labute approximate surface area is 178 Å². The first kappa shape index (κ1) is 23.5. The van der Waals surface area contributed by atoms with Gasteiger partial charge in [0.05, 0.1) is 19.1 Å². The molecule has 2 heterocycles. The number of likely N-dealkylation sites (tertiary alicyclic amines) is 1. The highest BCUT2D eigenvalue weighted by molar-refractivity contribution is 14.0. The largest absolute Gasteiger partial charge is 0.477 e. The fourth-order valence-electron chi connectivity index (χ4n) is 2.98. The fraction of sp³-hybridized carbons (Fsp3) is 0.632. The lowest BCUT2D eigenvalue weighted by Gasteiger charge is -2.33. The number of nitrogens with one attached hydrogen (secondary N) is 1. The topological polar surface area (TPSA) is 76.0 Å². The van der Waals surface area contributed by atoms with Crippen molar-refractivity contribution < 1.29 is 14.3 Å². The number of aromatic nitrogens is 1. The van der Waals surface area contributed by atoms with E-state index >= 15 is 0 Å². The van der Waals surface area contributed by atoms with Crippen molar-refractivity contribution in [3.63, 3.8) is 0 Å². The maximum atomic E-state index is 11.9. The average Bonchev–Trinajstić information content (AvgIpc) is 2.68. The summed E-state index contributed by atoms with van der Waals surface area (Å²) < 4.78 is 10.8. The van der Waals surface area contributed by atoms with E-state index in [0.29, 0.717) is 25.6 Å². The number of rotatable bonds is 7. The Morgan fingerprint density at radius 3 is 2.74 bits per heavy atom. The molecule has 0 bridgehead atoms. The third-order valence-corrected chi connectivity index (χ3v) is 4.36. The van der Waals surface area contributed by atoms with E-state index in [4.69, 9.17) is 9.47 Å². The number of hydrogen-bond donors (Lipinski definition) is 1. The van der Waals surface area contributed by atoms with E-state index in [1.807, 2.05) is 19.1 Å². The lowest BCUT2D eigenvalue weighted by molar-refractivity contribution is -0.149. The molecule has 0 atom stereocenters. The summed E-state index contributed by atoms with van der Waals surface area (Å²) in [5.74, 6) is 1.41. The Bertz CT molecular complexity index is 604. The molecule has 1 aromatic rings. The maximum absolute atomic E-state index is 11.9. The number of nitrogens with zero attached hydrogens (tertiary/aromatic N) is 3. The van der Waals surface area contributed by atoms with Gasteiger partial charge >= 0.3 is 5.97 Å².